The highest BCUT2D eigenvalue weighted by atomic mass is 35.5. The first-order valence-electron chi connectivity index (χ1n) is 8.06. The van der Waals surface area contributed by atoms with E-state index in [1.54, 1.807) is 4.90 Å². The molecule has 0 aliphatic heterocycles. The van der Waals surface area contributed by atoms with Crippen LogP contribution in [0.15, 0.2) is 0 Å². The first-order chi connectivity index (χ1) is 9.77. The third-order valence-electron chi connectivity index (χ3n) is 3.66. The van der Waals surface area contributed by atoms with E-state index in [-0.39, 0.29) is 29.8 Å². The van der Waals surface area contributed by atoms with Crippen molar-refractivity contribution in [3.63, 3.8) is 0 Å². The fraction of sp³-hybridized carbons (Fsp3) is 0.875. The van der Waals surface area contributed by atoms with Gasteiger partial charge in [0.15, 0.2) is 0 Å². The van der Waals surface area contributed by atoms with Crippen molar-refractivity contribution in [3.05, 3.63) is 0 Å². The Balaban J connectivity index is 0. The minimum atomic E-state index is -0.353. The summed E-state index contributed by atoms with van der Waals surface area (Å²) in [4.78, 5) is 25.6. The maximum absolute atomic E-state index is 12.0. The Morgan fingerprint density at radius 3 is 2.14 bits per heavy atom. The monoisotopic (exact) mass is 335 g/mol. The van der Waals surface area contributed by atoms with Crippen LogP contribution in [0.2, 0.25) is 0 Å². The molecule has 0 fully saturated rings. The first kappa shape index (κ1) is 23.5. The molecule has 0 radical (unpaired) electrons. The quantitative estimate of drug-likeness (QED) is 0.643. The van der Waals surface area contributed by atoms with Crippen molar-refractivity contribution in [1.29, 1.82) is 0 Å². The molecule has 0 heterocycles. The Bertz CT molecular complexity index is 333. The van der Waals surface area contributed by atoms with Gasteiger partial charge in [0.1, 0.15) is 0 Å². The van der Waals surface area contributed by atoms with Crippen LogP contribution < -0.4 is 11.1 Å². The van der Waals surface area contributed by atoms with Gasteiger partial charge in [-0.15, -0.1) is 12.4 Å². The summed E-state index contributed by atoms with van der Waals surface area (Å²) in [5, 5.41) is 3.02. The van der Waals surface area contributed by atoms with Crippen LogP contribution in [0.25, 0.3) is 0 Å². The average molecular weight is 336 g/mol. The van der Waals surface area contributed by atoms with Crippen LogP contribution in [0, 0.1) is 5.92 Å². The molecular formula is C16H34ClN3O2. The van der Waals surface area contributed by atoms with Gasteiger partial charge in [-0.1, -0.05) is 13.8 Å². The predicted octanol–water partition coefficient (Wildman–Crippen LogP) is 2.33. The highest BCUT2D eigenvalue weighted by Gasteiger charge is 2.25. The fourth-order valence-electron chi connectivity index (χ4n) is 2.62. The summed E-state index contributed by atoms with van der Waals surface area (Å²) < 4.78 is 0. The molecule has 5 nitrogen and oxygen atoms in total. The number of nitrogens with two attached hydrogens (primary N) is 1. The maximum Gasteiger partial charge on any atom is 0.222 e. The van der Waals surface area contributed by atoms with E-state index in [0.717, 1.165) is 19.5 Å². The van der Waals surface area contributed by atoms with Gasteiger partial charge in [0.25, 0.3) is 0 Å². The van der Waals surface area contributed by atoms with Gasteiger partial charge < -0.3 is 16.0 Å². The van der Waals surface area contributed by atoms with Crippen LogP contribution in [-0.4, -0.2) is 41.9 Å². The van der Waals surface area contributed by atoms with Gasteiger partial charge in [0.2, 0.25) is 11.8 Å². The molecule has 1 unspecified atom stereocenters. The molecular weight excluding hydrogens is 302 g/mol. The summed E-state index contributed by atoms with van der Waals surface area (Å²) in [6, 6.07) is 0. The van der Waals surface area contributed by atoms with Crippen molar-refractivity contribution < 1.29 is 9.59 Å². The van der Waals surface area contributed by atoms with Gasteiger partial charge in [0, 0.05) is 38.0 Å². The van der Waals surface area contributed by atoms with Crippen molar-refractivity contribution in [2.75, 3.05) is 19.6 Å². The second-order valence-electron chi connectivity index (χ2n) is 6.33. The van der Waals surface area contributed by atoms with Crippen molar-refractivity contribution in [1.82, 2.24) is 10.2 Å². The number of hydrogen-bond donors (Lipinski definition) is 2. The number of nitrogens with zero attached hydrogens (tertiary/aromatic N) is 1. The second-order valence-corrected chi connectivity index (χ2v) is 6.33. The number of hydrogen-bond acceptors (Lipinski definition) is 3. The van der Waals surface area contributed by atoms with E-state index in [1.165, 1.54) is 0 Å². The molecule has 6 heteroatoms. The molecule has 2 amide bonds. The standard InChI is InChI=1S/C16H33N3O2.ClH/c1-6-19(7-2)15(21)10-8-9-14(20)18-16(5,12-17)11-13(3)4;/h13H,6-12,17H2,1-5H3,(H,18,20);1H. The number of amides is 2. The molecule has 3 N–H and O–H groups in total. The molecule has 0 saturated heterocycles. The molecule has 0 aromatic rings. The van der Waals surface area contributed by atoms with E-state index in [2.05, 4.69) is 19.2 Å². The Labute approximate surface area is 141 Å². The van der Waals surface area contributed by atoms with Crippen molar-refractivity contribution in [3.8, 4) is 0 Å². The first-order valence-corrected chi connectivity index (χ1v) is 8.06. The SMILES string of the molecule is CCN(CC)C(=O)CCCC(=O)NC(C)(CN)CC(C)C.Cl. The second kappa shape index (κ2) is 11.7. The summed E-state index contributed by atoms with van der Waals surface area (Å²) in [5.74, 6) is 0.579. The Hall–Kier alpha value is -0.810. The summed E-state index contributed by atoms with van der Waals surface area (Å²) in [6.45, 7) is 12.0. The predicted molar refractivity (Wildman–Crippen MR) is 94.1 cm³/mol. The molecule has 1 atom stereocenters. The molecule has 0 aliphatic rings. The summed E-state index contributed by atoms with van der Waals surface area (Å²) in [5.41, 5.74) is 5.43. The lowest BCUT2D eigenvalue weighted by molar-refractivity contribution is -0.131. The summed E-state index contributed by atoms with van der Waals surface area (Å²) in [7, 11) is 0. The number of rotatable bonds is 10. The smallest absolute Gasteiger partial charge is 0.222 e. The molecule has 0 aliphatic carbocycles. The molecule has 0 rings (SSSR count). The minimum Gasteiger partial charge on any atom is -0.350 e. The largest absolute Gasteiger partial charge is 0.350 e. The third kappa shape index (κ3) is 9.26. The van der Waals surface area contributed by atoms with Crippen LogP contribution in [0.1, 0.15) is 60.3 Å². The van der Waals surface area contributed by atoms with Gasteiger partial charge in [-0.25, -0.2) is 0 Å². The molecule has 0 saturated carbocycles. The van der Waals surface area contributed by atoms with Crippen LogP contribution in [-0.2, 0) is 9.59 Å². The van der Waals surface area contributed by atoms with Crippen molar-refractivity contribution >= 4 is 24.2 Å². The topological polar surface area (TPSA) is 75.4 Å². The third-order valence-corrected chi connectivity index (χ3v) is 3.66. The number of carbonyl (C=O) groups excluding carboxylic acids is 2. The summed E-state index contributed by atoms with van der Waals surface area (Å²) >= 11 is 0. The van der Waals surface area contributed by atoms with Crippen LogP contribution in [0.4, 0.5) is 0 Å². The highest BCUT2D eigenvalue weighted by molar-refractivity contribution is 5.85. The van der Waals surface area contributed by atoms with E-state index in [4.69, 9.17) is 5.73 Å². The molecule has 0 aromatic carbocycles. The molecule has 132 valence electrons. The van der Waals surface area contributed by atoms with Gasteiger partial charge in [-0.3, -0.25) is 9.59 Å². The maximum atomic E-state index is 12.0. The normalized spacial score (nSPS) is 13.2. The van der Waals surface area contributed by atoms with E-state index in [9.17, 15) is 9.59 Å². The number of carbonyl (C=O) groups is 2. The number of nitrogens with one attached hydrogen (secondary N) is 1. The van der Waals surface area contributed by atoms with Crippen molar-refractivity contribution in [2.45, 2.75) is 65.8 Å². The summed E-state index contributed by atoms with van der Waals surface area (Å²) in [6.07, 6.45) is 2.25. The molecule has 22 heavy (non-hydrogen) atoms. The lowest BCUT2D eigenvalue weighted by Gasteiger charge is -2.31. The fourth-order valence-corrected chi connectivity index (χ4v) is 2.62. The van der Waals surface area contributed by atoms with Gasteiger partial charge in [-0.05, 0) is 39.5 Å². The zero-order valence-electron chi connectivity index (χ0n) is 14.8. The highest BCUT2D eigenvalue weighted by Crippen LogP contribution is 2.15. The molecule has 0 bridgehead atoms. The van der Waals surface area contributed by atoms with E-state index in [0.29, 0.717) is 31.7 Å². The zero-order valence-corrected chi connectivity index (χ0v) is 15.6. The van der Waals surface area contributed by atoms with E-state index in [1.807, 2.05) is 20.8 Å². The lowest BCUT2D eigenvalue weighted by atomic mass is 9.90. The van der Waals surface area contributed by atoms with Gasteiger partial charge in [0.05, 0.1) is 0 Å². The molecule has 0 spiro atoms. The lowest BCUT2D eigenvalue weighted by Crippen LogP contribution is -2.52. The Kier molecular flexibility index (Phi) is 12.5. The van der Waals surface area contributed by atoms with Gasteiger partial charge >= 0.3 is 0 Å². The van der Waals surface area contributed by atoms with E-state index >= 15 is 0 Å². The van der Waals surface area contributed by atoms with E-state index < -0.39 is 0 Å². The zero-order chi connectivity index (χ0) is 16.5. The molecule has 0 aromatic heterocycles. The van der Waals surface area contributed by atoms with Gasteiger partial charge in [-0.2, -0.15) is 0 Å². The average Bonchev–Trinajstić information content (AvgIpc) is 2.39. The van der Waals surface area contributed by atoms with Crippen molar-refractivity contribution in [2.24, 2.45) is 11.7 Å². The van der Waals surface area contributed by atoms with Crippen LogP contribution >= 0.6 is 12.4 Å². The Morgan fingerprint density at radius 2 is 1.73 bits per heavy atom. The van der Waals surface area contributed by atoms with Crippen LogP contribution in [0.3, 0.4) is 0 Å². The number of halogens is 1. The van der Waals surface area contributed by atoms with Crippen LogP contribution in [0.5, 0.6) is 0 Å². The minimum absolute atomic E-state index is 0. The Morgan fingerprint density at radius 1 is 1.18 bits per heavy atom.